The summed E-state index contributed by atoms with van der Waals surface area (Å²) in [7, 11) is 0. The molecule has 0 radical (unpaired) electrons. The first-order chi connectivity index (χ1) is 9.50. The third-order valence-corrected chi connectivity index (χ3v) is 4.08. The Balaban J connectivity index is 0.00000220. The van der Waals surface area contributed by atoms with Gasteiger partial charge in [-0.2, -0.15) is 0 Å². The first-order valence-corrected chi connectivity index (χ1v) is 7.46. The monoisotopic (exact) mass is 338 g/mol. The van der Waals surface area contributed by atoms with Crippen LogP contribution in [0.1, 0.15) is 31.9 Å². The van der Waals surface area contributed by atoms with Crippen molar-refractivity contribution in [1.82, 2.24) is 10.2 Å². The Labute approximate surface area is 136 Å². The van der Waals surface area contributed by atoms with Crippen LogP contribution in [0.25, 0.3) is 0 Å². The van der Waals surface area contributed by atoms with Gasteiger partial charge in [0.2, 0.25) is 0 Å². The number of hydrogen-bond donors (Lipinski definition) is 1. The van der Waals surface area contributed by atoms with Gasteiger partial charge >= 0.3 is 0 Å². The highest BCUT2D eigenvalue weighted by Crippen LogP contribution is 2.36. The summed E-state index contributed by atoms with van der Waals surface area (Å²) in [5.74, 6) is -0.582. The highest BCUT2D eigenvalue weighted by atomic mass is 35.5. The Morgan fingerprint density at radius 1 is 1.19 bits per heavy atom. The van der Waals surface area contributed by atoms with Gasteiger partial charge in [-0.25, -0.2) is 8.78 Å². The second kappa shape index (κ2) is 8.28. The number of piperazine rings is 1. The number of nitrogens with zero attached hydrogens (tertiary/aromatic N) is 1. The molecule has 1 N–H and O–H groups in total. The molecule has 1 aliphatic rings. The second-order valence-electron chi connectivity index (χ2n) is 5.69. The van der Waals surface area contributed by atoms with Crippen LogP contribution >= 0.6 is 24.0 Å². The van der Waals surface area contributed by atoms with Crippen LogP contribution in [0.15, 0.2) is 12.1 Å². The molecule has 6 heteroatoms. The molecule has 2 rings (SSSR count). The minimum Gasteiger partial charge on any atom is -0.314 e. The molecule has 1 aromatic carbocycles. The van der Waals surface area contributed by atoms with Gasteiger partial charge in [-0.3, -0.25) is 4.90 Å². The standard InChI is InChI=1S/C15H21ClF2N2.ClH/c1-10(2)9-13(20-7-5-19-6-8-20)14-11(17)3-4-12(18)15(14)16;/h3-4,10,13,19H,5-9H2,1-2H3;1H/t13-;/m0./s1. The lowest BCUT2D eigenvalue weighted by molar-refractivity contribution is 0.151. The van der Waals surface area contributed by atoms with Gasteiger partial charge in [-0.1, -0.05) is 25.4 Å². The largest absolute Gasteiger partial charge is 0.314 e. The molecule has 1 aromatic rings. The predicted molar refractivity (Wildman–Crippen MR) is 85.3 cm³/mol. The molecule has 1 atom stereocenters. The smallest absolute Gasteiger partial charge is 0.142 e. The molecule has 0 spiro atoms. The van der Waals surface area contributed by atoms with Crippen LogP contribution < -0.4 is 5.32 Å². The molecule has 1 saturated heterocycles. The van der Waals surface area contributed by atoms with Crippen molar-refractivity contribution in [2.75, 3.05) is 26.2 Å². The van der Waals surface area contributed by atoms with Crippen LogP contribution in [0.3, 0.4) is 0 Å². The summed E-state index contributed by atoms with van der Waals surface area (Å²) < 4.78 is 27.9. The Hall–Kier alpha value is -0.420. The molecule has 2 nitrogen and oxygen atoms in total. The van der Waals surface area contributed by atoms with E-state index in [1.807, 2.05) is 0 Å². The van der Waals surface area contributed by atoms with Gasteiger partial charge in [0.1, 0.15) is 11.6 Å². The van der Waals surface area contributed by atoms with E-state index >= 15 is 0 Å². The van der Waals surface area contributed by atoms with Crippen molar-refractivity contribution in [2.24, 2.45) is 5.92 Å². The van der Waals surface area contributed by atoms with E-state index in [1.54, 1.807) is 0 Å². The van der Waals surface area contributed by atoms with Crippen molar-refractivity contribution in [3.8, 4) is 0 Å². The number of benzene rings is 1. The lowest BCUT2D eigenvalue weighted by Gasteiger charge is -2.36. The fraction of sp³-hybridized carbons (Fsp3) is 0.600. The maximum absolute atomic E-state index is 14.2. The highest BCUT2D eigenvalue weighted by Gasteiger charge is 2.28. The predicted octanol–water partition coefficient (Wildman–Crippen LogP) is 4.03. The van der Waals surface area contributed by atoms with E-state index in [0.29, 0.717) is 11.5 Å². The van der Waals surface area contributed by atoms with Crippen molar-refractivity contribution < 1.29 is 8.78 Å². The van der Waals surface area contributed by atoms with E-state index in [9.17, 15) is 8.78 Å². The number of rotatable bonds is 4. The molecule has 0 unspecified atom stereocenters. The average molecular weight is 339 g/mol. The highest BCUT2D eigenvalue weighted by molar-refractivity contribution is 6.31. The molecule has 120 valence electrons. The van der Waals surface area contributed by atoms with Crippen molar-refractivity contribution in [3.05, 3.63) is 34.4 Å². The van der Waals surface area contributed by atoms with Crippen LogP contribution in [-0.2, 0) is 0 Å². The molecule has 0 amide bonds. The first-order valence-electron chi connectivity index (χ1n) is 7.09. The van der Waals surface area contributed by atoms with Crippen molar-refractivity contribution in [2.45, 2.75) is 26.3 Å². The summed E-state index contributed by atoms with van der Waals surface area (Å²) in [6, 6.07) is 2.09. The number of halogens is 4. The zero-order valence-corrected chi connectivity index (χ0v) is 13.9. The molecule has 0 aromatic heterocycles. The Kier molecular flexibility index (Phi) is 7.34. The fourth-order valence-electron chi connectivity index (χ4n) is 2.74. The lowest BCUT2D eigenvalue weighted by Crippen LogP contribution is -2.45. The molecule has 0 aliphatic carbocycles. The summed E-state index contributed by atoms with van der Waals surface area (Å²) in [4.78, 5) is 2.19. The molecule has 0 bridgehead atoms. The summed E-state index contributed by atoms with van der Waals surface area (Å²) >= 11 is 6.04. The molecular weight excluding hydrogens is 317 g/mol. The molecule has 1 aliphatic heterocycles. The van der Waals surface area contributed by atoms with Crippen molar-refractivity contribution >= 4 is 24.0 Å². The van der Waals surface area contributed by atoms with E-state index in [0.717, 1.165) is 38.7 Å². The van der Waals surface area contributed by atoms with Gasteiger partial charge in [0.05, 0.1) is 5.02 Å². The summed E-state index contributed by atoms with van der Waals surface area (Å²) in [5, 5.41) is 3.20. The van der Waals surface area contributed by atoms with E-state index in [2.05, 4.69) is 24.1 Å². The normalized spacial score (nSPS) is 17.6. The third kappa shape index (κ3) is 4.52. The Morgan fingerprint density at radius 3 is 2.33 bits per heavy atom. The van der Waals surface area contributed by atoms with Crippen LogP contribution in [0.4, 0.5) is 8.78 Å². The van der Waals surface area contributed by atoms with Gasteiger partial charge in [0.15, 0.2) is 0 Å². The molecule has 1 heterocycles. The maximum Gasteiger partial charge on any atom is 0.142 e. The van der Waals surface area contributed by atoms with Crippen LogP contribution in [0.2, 0.25) is 5.02 Å². The van der Waals surface area contributed by atoms with Crippen molar-refractivity contribution in [1.29, 1.82) is 0 Å². The Bertz CT molecular complexity index is 463. The zero-order chi connectivity index (χ0) is 14.7. The fourth-order valence-corrected chi connectivity index (χ4v) is 3.02. The zero-order valence-electron chi connectivity index (χ0n) is 12.3. The van der Waals surface area contributed by atoms with Crippen LogP contribution in [0, 0.1) is 17.6 Å². The van der Waals surface area contributed by atoms with E-state index in [1.165, 1.54) is 6.07 Å². The van der Waals surface area contributed by atoms with Gasteiger partial charge in [0, 0.05) is 37.8 Å². The third-order valence-electron chi connectivity index (χ3n) is 3.70. The lowest BCUT2D eigenvalue weighted by atomic mass is 9.94. The summed E-state index contributed by atoms with van der Waals surface area (Å²) in [6.07, 6.45) is 0.764. The topological polar surface area (TPSA) is 15.3 Å². The molecule has 21 heavy (non-hydrogen) atoms. The van der Waals surface area contributed by atoms with Gasteiger partial charge in [-0.05, 0) is 24.5 Å². The first kappa shape index (κ1) is 18.6. The average Bonchev–Trinajstić information content (AvgIpc) is 2.43. The van der Waals surface area contributed by atoms with Gasteiger partial charge in [0.25, 0.3) is 0 Å². The second-order valence-corrected chi connectivity index (χ2v) is 6.07. The van der Waals surface area contributed by atoms with E-state index < -0.39 is 11.6 Å². The quantitative estimate of drug-likeness (QED) is 0.833. The summed E-state index contributed by atoms with van der Waals surface area (Å²) in [6.45, 7) is 7.54. The van der Waals surface area contributed by atoms with Gasteiger partial charge < -0.3 is 5.32 Å². The van der Waals surface area contributed by atoms with E-state index in [-0.39, 0.29) is 23.5 Å². The minimum absolute atomic E-state index is 0. The molecule has 1 fully saturated rings. The van der Waals surface area contributed by atoms with Gasteiger partial charge in [-0.15, -0.1) is 12.4 Å². The molecular formula is C15H22Cl2F2N2. The number of nitrogens with one attached hydrogen (secondary N) is 1. The Morgan fingerprint density at radius 2 is 1.76 bits per heavy atom. The SMILES string of the molecule is CC(C)C[C@@H](c1c(F)ccc(F)c1Cl)N1CCNCC1.Cl. The van der Waals surface area contributed by atoms with Crippen LogP contribution in [0.5, 0.6) is 0 Å². The van der Waals surface area contributed by atoms with E-state index in [4.69, 9.17) is 11.6 Å². The number of hydrogen-bond acceptors (Lipinski definition) is 2. The summed E-state index contributed by atoms with van der Waals surface area (Å²) in [5.41, 5.74) is 0.308. The molecule has 0 saturated carbocycles. The van der Waals surface area contributed by atoms with Crippen LogP contribution in [-0.4, -0.2) is 31.1 Å². The maximum atomic E-state index is 14.2. The van der Waals surface area contributed by atoms with Crippen molar-refractivity contribution in [3.63, 3.8) is 0 Å². The minimum atomic E-state index is -0.549.